The molecule has 6 heteroatoms. The Labute approximate surface area is 115 Å². The number of piperidine rings is 1. The number of likely N-dealkylation sites (N-methyl/N-ethyl adjacent to an activating group) is 1. The molecule has 1 aromatic heterocycles. The van der Waals surface area contributed by atoms with E-state index in [4.69, 9.17) is 0 Å². The molecular formula is C14H17N3O3. The van der Waals surface area contributed by atoms with E-state index >= 15 is 0 Å². The highest BCUT2D eigenvalue weighted by Gasteiger charge is 2.23. The number of hydrogen-bond acceptors (Lipinski definition) is 3. The first-order valence-corrected chi connectivity index (χ1v) is 6.73. The highest BCUT2D eigenvalue weighted by atomic mass is 16.4. The number of aromatic carboxylic acids is 1. The molecule has 0 spiro atoms. The van der Waals surface area contributed by atoms with Gasteiger partial charge in [-0.2, -0.15) is 0 Å². The largest absolute Gasteiger partial charge is 0.478 e. The van der Waals surface area contributed by atoms with Crippen molar-refractivity contribution in [2.75, 3.05) is 20.1 Å². The number of aromatic amines is 1. The number of nitrogens with zero attached hydrogens (tertiary/aromatic N) is 2. The average molecular weight is 275 g/mol. The third kappa shape index (κ3) is 2.02. The van der Waals surface area contributed by atoms with Crippen LogP contribution in [0.1, 0.15) is 29.2 Å². The quantitative estimate of drug-likeness (QED) is 0.865. The van der Waals surface area contributed by atoms with Gasteiger partial charge in [0, 0.05) is 6.54 Å². The number of imidazole rings is 1. The van der Waals surface area contributed by atoms with Crippen molar-refractivity contribution in [2.24, 2.45) is 0 Å². The van der Waals surface area contributed by atoms with Crippen LogP contribution >= 0.6 is 0 Å². The Morgan fingerprint density at radius 2 is 2.25 bits per heavy atom. The first-order valence-electron chi connectivity index (χ1n) is 6.73. The lowest BCUT2D eigenvalue weighted by molar-refractivity contribution is 0.0699. The van der Waals surface area contributed by atoms with Crippen LogP contribution < -0.4 is 5.69 Å². The fraction of sp³-hybridized carbons (Fsp3) is 0.429. The number of carboxylic acid groups (broad SMARTS) is 1. The number of nitrogens with one attached hydrogen (secondary N) is 1. The number of hydrogen-bond donors (Lipinski definition) is 2. The Kier molecular flexibility index (Phi) is 3.10. The third-order valence-electron chi connectivity index (χ3n) is 3.95. The standard InChI is InChI=1S/C14H17N3O3/c1-16-7-3-4-9(8-16)17-11-6-2-5-10(13(18)19)12(11)15-14(17)20/h2,5-6,9H,3-4,7-8H2,1H3,(H,15,20)(H,18,19). The van der Waals surface area contributed by atoms with Crippen LogP contribution in [0.3, 0.4) is 0 Å². The molecular weight excluding hydrogens is 258 g/mol. The topological polar surface area (TPSA) is 78.3 Å². The van der Waals surface area contributed by atoms with Crippen LogP contribution in [-0.4, -0.2) is 45.7 Å². The van der Waals surface area contributed by atoms with Crippen molar-refractivity contribution in [3.05, 3.63) is 34.2 Å². The molecule has 20 heavy (non-hydrogen) atoms. The Balaban J connectivity index is 2.16. The lowest BCUT2D eigenvalue weighted by Crippen LogP contribution is -2.36. The van der Waals surface area contributed by atoms with Crippen LogP contribution in [-0.2, 0) is 0 Å². The molecule has 6 nitrogen and oxygen atoms in total. The summed E-state index contributed by atoms with van der Waals surface area (Å²) in [4.78, 5) is 28.3. The molecule has 1 unspecified atom stereocenters. The lowest BCUT2D eigenvalue weighted by atomic mass is 10.1. The Hall–Kier alpha value is -2.08. The van der Waals surface area contributed by atoms with Gasteiger partial charge in [-0.25, -0.2) is 9.59 Å². The summed E-state index contributed by atoms with van der Waals surface area (Å²) in [5.41, 5.74) is 1.00. The zero-order valence-corrected chi connectivity index (χ0v) is 11.3. The molecule has 0 saturated carbocycles. The van der Waals surface area contributed by atoms with Gasteiger partial charge in [-0.1, -0.05) is 6.07 Å². The van der Waals surface area contributed by atoms with Crippen molar-refractivity contribution < 1.29 is 9.90 Å². The summed E-state index contributed by atoms with van der Waals surface area (Å²) in [6, 6.07) is 5.09. The summed E-state index contributed by atoms with van der Waals surface area (Å²) in [5, 5.41) is 9.20. The summed E-state index contributed by atoms with van der Waals surface area (Å²) < 4.78 is 1.71. The van der Waals surface area contributed by atoms with Gasteiger partial charge in [0.05, 0.1) is 22.6 Å². The number of likely N-dealkylation sites (tertiary alicyclic amines) is 1. The van der Waals surface area contributed by atoms with E-state index in [0.717, 1.165) is 25.9 Å². The number of aromatic nitrogens is 2. The molecule has 1 aromatic carbocycles. The Morgan fingerprint density at radius 3 is 2.95 bits per heavy atom. The van der Waals surface area contributed by atoms with Crippen molar-refractivity contribution in [3.63, 3.8) is 0 Å². The highest BCUT2D eigenvalue weighted by Crippen LogP contribution is 2.24. The van der Waals surface area contributed by atoms with Gasteiger partial charge >= 0.3 is 11.7 Å². The normalized spacial score (nSPS) is 20.4. The Bertz CT molecular complexity index is 716. The van der Waals surface area contributed by atoms with E-state index in [2.05, 4.69) is 9.88 Å². The zero-order valence-electron chi connectivity index (χ0n) is 11.3. The average Bonchev–Trinajstić information content (AvgIpc) is 2.74. The SMILES string of the molecule is CN1CCCC(n2c(=O)[nH]c3c(C(=O)O)cccc32)C1. The highest BCUT2D eigenvalue weighted by molar-refractivity contribution is 6.00. The van der Waals surface area contributed by atoms with Gasteiger partial charge in [-0.05, 0) is 38.6 Å². The predicted octanol–water partition coefficient (Wildman–Crippen LogP) is 1.29. The summed E-state index contributed by atoms with van der Waals surface area (Å²) >= 11 is 0. The van der Waals surface area contributed by atoms with Crippen LogP contribution in [0.5, 0.6) is 0 Å². The van der Waals surface area contributed by atoms with Gasteiger partial charge in [-0.15, -0.1) is 0 Å². The first kappa shape index (κ1) is 12.9. The zero-order chi connectivity index (χ0) is 14.3. The number of fused-ring (bicyclic) bond motifs is 1. The van der Waals surface area contributed by atoms with E-state index in [9.17, 15) is 14.7 Å². The molecule has 1 aliphatic rings. The molecule has 0 radical (unpaired) electrons. The van der Waals surface area contributed by atoms with Gasteiger partial charge in [0.2, 0.25) is 0 Å². The van der Waals surface area contributed by atoms with E-state index < -0.39 is 5.97 Å². The summed E-state index contributed by atoms with van der Waals surface area (Å²) in [6.45, 7) is 1.85. The molecule has 0 aliphatic carbocycles. The van der Waals surface area contributed by atoms with Crippen LogP contribution in [0.15, 0.2) is 23.0 Å². The van der Waals surface area contributed by atoms with Crippen molar-refractivity contribution >= 4 is 17.0 Å². The minimum atomic E-state index is -1.02. The molecule has 106 valence electrons. The summed E-state index contributed by atoms with van der Waals surface area (Å²) in [6.07, 6.45) is 1.98. The van der Waals surface area contributed by atoms with E-state index in [1.807, 2.05) is 7.05 Å². The van der Waals surface area contributed by atoms with Gasteiger partial charge in [0.15, 0.2) is 0 Å². The van der Waals surface area contributed by atoms with Crippen molar-refractivity contribution in [2.45, 2.75) is 18.9 Å². The fourth-order valence-corrected chi connectivity index (χ4v) is 3.04. The second-order valence-electron chi connectivity index (χ2n) is 5.36. The molecule has 1 saturated heterocycles. The monoisotopic (exact) mass is 275 g/mol. The van der Waals surface area contributed by atoms with Crippen LogP contribution in [0.25, 0.3) is 11.0 Å². The minimum absolute atomic E-state index is 0.0963. The molecule has 0 amide bonds. The summed E-state index contributed by atoms with van der Waals surface area (Å²) in [5.74, 6) is -1.02. The van der Waals surface area contributed by atoms with Gasteiger partial charge in [0.1, 0.15) is 0 Å². The fourth-order valence-electron chi connectivity index (χ4n) is 3.04. The predicted molar refractivity (Wildman–Crippen MR) is 75.3 cm³/mol. The minimum Gasteiger partial charge on any atom is -0.478 e. The molecule has 3 rings (SSSR count). The Morgan fingerprint density at radius 1 is 1.45 bits per heavy atom. The second-order valence-corrected chi connectivity index (χ2v) is 5.36. The van der Waals surface area contributed by atoms with E-state index in [-0.39, 0.29) is 17.3 Å². The van der Waals surface area contributed by atoms with Crippen molar-refractivity contribution in [1.29, 1.82) is 0 Å². The maximum Gasteiger partial charge on any atom is 0.337 e. The number of H-pyrrole nitrogens is 1. The smallest absolute Gasteiger partial charge is 0.337 e. The van der Waals surface area contributed by atoms with Crippen molar-refractivity contribution in [3.8, 4) is 0 Å². The number of carbonyl (C=O) groups is 1. The lowest BCUT2D eigenvalue weighted by Gasteiger charge is -2.30. The maximum atomic E-state index is 12.2. The molecule has 2 heterocycles. The van der Waals surface area contributed by atoms with Crippen LogP contribution in [0.2, 0.25) is 0 Å². The van der Waals surface area contributed by atoms with Crippen molar-refractivity contribution in [1.82, 2.24) is 14.5 Å². The molecule has 1 atom stereocenters. The van der Waals surface area contributed by atoms with E-state index in [1.54, 1.807) is 16.7 Å². The van der Waals surface area contributed by atoms with Crippen LogP contribution in [0, 0.1) is 0 Å². The maximum absolute atomic E-state index is 12.2. The molecule has 1 fully saturated rings. The number of carboxylic acids is 1. The molecule has 0 bridgehead atoms. The first-order chi connectivity index (χ1) is 9.58. The number of benzene rings is 1. The number of para-hydroxylation sites is 1. The molecule has 2 N–H and O–H groups in total. The third-order valence-corrected chi connectivity index (χ3v) is 3.95. The summed E-state index contributed by atoms with van der Waals surface area (Å²) in [7, 11) is 2.04. The van der Waals surface area contributed by atoms with E-state index in [0.29, 0.717) is 11.0 Å². The van der Waals surface area contributed by atoms with E-state index in [1.165, 1.54) is 6.07 Å². The second kappa shape index (κ2) is 4.79. The molecule has 1 aliphatic heterocycles. The van der Waals surface area contributed by atoms with Gasteiger partial charge < -0.3 is 15.0 Å². The van der Waals surface area contributed by atoms with Gasteiger partial charge in [0.25, 0.3) is 0 Å². The van der Waals surface area contributed by atoms with Gasteiger partial charge in [-0.3, -0.25) is 4.57 Å². The molecule has 2 aromatic rings. The number of rotatable bonds is 2. The van der Waals surface area contributed by atoms with Crippen LogP contribution in [0.4, 0.5) is 0 Å².